The number of anilines is 2. The number of aliphatic carboxylic acids is 1. The molecule has 1 aromatic carbocycles. The Balaban J connectivity index is 1.42. The normalized spacial score (nSPS) is 31.8. The molecule has 4 aliphatic rings. The van der Waals surface area contributed by atoms with Crippen LogP contribution in [0.5, 0.6) is 0 Å². The van der Waals surface area contributed by atoms with Crippen molar-refractivity contribution in [1.29, 1.82) is 0 Å². The quantitative estimate of drug-likeness (QED) is 0.599. The largest absolute Gasteiger partial charge is 0.474 e. The maximum atomic E-state index is 13.3. The predicted octanol–water partition coefficient (Wildman–Crippen LogP) is 3.99. The van der Waals surface area contributed by atoms with E-state index in [2.05, 4.69) is 10.2 Å². The number of nitrogens with one attached hydrogen (secondary N) is 1. The molecule has 2 unspecified atom stereocenters. The van der Waals surface area contributed by atoms with Crippen molar-refractivity contribution in [3.63, 3.8) is 0 Å². The van der Waals surface area contributed by atoms with Gasteiger partial charge in [-0.3, -0.25) is 19.3 Å². The van der Waals surface area contributed by atoms with Crippen LogP contribution >= 0.6 is 0 Å². The number of piperidine rings is 2. The first-order chi connectivity index (χ1) is 17.3. The number of rotatable bonds is 5. The molecule has 2 aliphatic heterocycles. The topological polar surface area (TPSA) is 107 Å². The standard InChI is InChI=1S/C28H37N3O5/c1-17(32)27(34)31(25-11-3-2-10-24(25)29-26(33)28(35)36)23-15-20-8-5-9-21(16-23)30(20)22-13-18-6-4-7-19(12-18)14-22/h2-3,10-11,18-23H,4-9,12-16H2,1H3,(H,29,33)(H,35,36)/t18-,19+,20-,21+,22?,23?. The third-order valence-corrected chi connectivity index (χ3v) is 9.02. The monoisotopic (exact) mass is 495 g/mol. The van der Waals surface area contributed by atoms with E-state index >= 15 is 0 Å². The number of ketones is 1. The van der Waals surface area contributed by atoms with E-state index in [1.807, 2.05) is 0 Å². The summed E-state index contributed by atoms with van der Waals surface area (Å²) in [5.74, 6) is -2.26. The van der Waals surface area contributed by atoms with E-state index in [-0.39, 0.29) is 11.7 Å². The number of amides is 2. The van der Waals surface area contributed by atoms with Crippen molar-refractivity contribution in [2.75, 3.05) is 10.2 Å². The van der Waals surface area contributed by atoms with Crippen molar-refractivity contribution in [1.82, 2.24) is 4.90 Å². The van der Waals surface area contributed by atoms with Crippen molar-refractivity contribution < 1.29 is 24.3 Å². The van der Waals surface area contributed by atoms with Crippen LogP contribution in [0.15, 0.2) is 24.3 Å². The lowest BCUT2D eigenvalue weighted by Crippen LogP contribution is -2.62. The zero-order chi connectivity index (χ0) is 25.4. The highest BCUT2D eigenvalue weighted by Crippen LogP contribution is 2.47. The molecule has 1 aromatic rings. The Morgan fingerprint density at radius 1 is 0.861 bits per heavy atom. The van der Waals surface area contributed by atoms with E-state index in [4.69, 9.17) is 5.11 Å². The number of nitrogens with zero attached hydrogens (tertiary/aromatic N) is 2. The summed E-state index contributed by atoms with van der Waals surface area (Å²) >= 11 is 0. The predicted molar refractivity (Wildman–Crippen MR) is 136 cm³/mol. The van der Waals surface area contributed by atoms with Gasteiger partial charge in [-0.05, 0) is 68.9 Å². The molecule has 0 radical (unpaired) electrons. The molecule has 2 heterocycles. The first-order valence-corrected chi connectivity index (χ1v) is 13.6. The van der Waals surface area contributed by atoms with Gasteiger partial charge in [0.15, 0.2) is 0 Å². The molecule has 8 heteroatoms. The Kier molecular flexibility index (Phi) is 7.15. The van der Waals surface area contributed by atoms with Crippen LogP contribution in [0.3, 0.4) is 0 Å². The highest BCUT2D eigenvalue weighted by molar-refractivity contribution is 6.41. The third kappa shape index (κ3) is 4.92. The lowest BCUT2D eigenvalue weighted by molar-refractivity contribution is -0.147. The number of carbonyl (C=O) groups excluding carboxylic acids is 3. The lowest BCUT2D eigenvalue weighted by Gasteiger charge is -2.56. The first-order valence-electron chi connectivity index (χ1n) is 13.6. The van der Waals surface area contributed by atoms with Crippen LogP contribution in [0, 0.1) is 11.8 Å². The molecule has 36 heavy (non-hydrogen) atoms. The second kappa shape index (κ2) is 10.3. The second-order valence-corrected chi connectivity index (χ2v) is 11.3. The molecule has 4 fully saturated rings. The van der Waals surface area contributed by atoms with E-state index in [1.165, 1.54) is 56.8 Å². The van der Waals surface area contributed by atoms with Gasteiger partial charge in [0, 0.05) is 31.1 Å². The van der Waals surface area contributed by atoms with E-state index in [1.54, 1.807) is 24.3 Å². The molecule has 2 N–H and O–H groups in total. The number of benzene rings is 1. The summed E-state index contributed by atoms with van der Waals surface area (Å²) < 4.78 is 0. The highest BCUT2D eigenvalue weighted by Gasteiger charge is 2.47. The lowest BCUT2D eigenvalue weighted by atomic mass is 9.68. The molecular formula is C28H37N3O5. The Morgan fingerprint density at radius 2 is 1.47 bits per heavy atom. The average Bonchev–Trinajstić information content (AvgIpc) is 2.84. The number of hydrogen-bond acceptors (Lipinski definition) is 5. The van der Waals surface area contributed by atoms with Gasteiger partial charge in [0.05, 0.1) is 11.4 Å². The molecule has 2 saturated heterocycles. The molecule has 8 nitrogen and oxygen atoms in total. The zero-order valence-electron chi connectivity index (χ0n) is 21.0. The van der Waals surface area contributed by atoms with Crippen molar-refractivity contribution in [2.45, 2.75) is 102 Å². The van der Waals surface area contributed by atoms with E-state index in [9.17, 15) is 19.2 Å². The Bertz CT molecular complexity index is 1020. The van der Waals surface area contributed by atoms with E-state index in [0.29, 0.717) is 23.8 Å². The van der Waals surface area contributed by atoms with Gasteiger partial charge in [0.25, 0.3) is 5.91 Å². The van der Waals surface area contributed by atoms with Crippen LogP contribution in [0.25, 0.3) is 0 Å². The molecule has 194 valence electrons. The van der Waals surface area contributed by atoms with Crippen molar-refractivity contribution in [3.05, 3.63) is 24.3 Å². The molecule has 2 aliphatic carbocycles. The number of carboxylic acid groups (broad SMARTS) is 1. The fourth-order valence-corrected chi connectivity index (χ4v) is 7.74. The molecule has 0 spiro atoms. The zero-order valence-corrected chi connectivity index (χ0v) is 21.0. The molecule has 6 atom stereocenters. The Morgan fingerprint density at radius 3 is 2.08 bits per heavy atom. The van der Waals surface area contributed by atoms with Gasteiger partial charge in [-0.1, -0.05) is 37.8 Å². The number of Topliss-reactive ketones (excluding diaryl/α,β-unsaturated/α-hetero) is 1. The van der Waals surface area contributed by atoms with Crippen LogP contribution in [-0.4, -0.2) is 57.7 Å². The highest BCUT2D eigenvalue weighted by atomic mass is 16.4. The van der Waals surface area contributed by atoms with Gasteiger partial charge < -0.3 is 15.3 Å². The van der Waals surface area contributed by atoms with E-state index in [0.717, 1.165) is 37.5 Å². The van der Waals surface area contributed by atoms with Crippen LogP contribution in [-0.2, 0) is 19.2 Å². The molecule has 5 rings (SSSR count). The van der Waals surface area contributed by atoms with E-state index < -0.39 is 23.6 Å². The fourth-order valence-electron chi connectivity index (χ4n) is 7.74. The number of carbonyl (C=O) groups is 4. The summed E-state index contributed by atoms with van der Waals surface area (Å²) in [5, 5.41) is 11.5. The minimum Gasteiger partial charge on any atom is -0.474 e. The smallest absolute Gasteiger partial charge is 0.394 e. The van der Waals surface area contributed by atoms with Gasteiger partial charge in [-0.15, -0.1) is 0 Å². The average molecular weight is 496 g/mol. The second-order valence-electron chi connectivity index (χ2n) is 11.3. The summed E-state index contributed by atoms with van der Waals surface area (Å²) in [7, 11) is 0. The molecule has 2 amide bonds. The molecular weight excluding hydrogens is 458 g/mol. The van der Waals surface area contributed by atoms with Crippen LogP contribution in [0.1, 0.15) is 77.6 Å². The van der Waals surface area contributed by atoms with Gasteiger partial charge in [0.1, 0.15) is 0 Å². The van der Waals surface area contributed by atoms with Crippen LogP contribution in [0.4, 0.5) is 11.4 Å². The number of para-hydroxylation sites is 2. The summed E-state index contributed by atoms with van der Waals surface area (Å²) in [6.07, 6.45) is 13.0. The van der Waals surface area contributed by atoms with Gasteiger partial charge in [-0.2, -0.15) is 0 Å². The van der Waals surface area contributed by atoms with Gasteiger partial charge >= 0.3 is 11.9 Å². The SMILES string of the molecule is CC(=O)C(=O)N(c1ccccc1NC(=O)C(=O)O)C1C[C@H]2CCC[C@@H](C1)N2C1C[C@H]2CCC[C@@H](C1)C2. The van der Waals surface area contributed by atoms with Gasteiger partial charge in [-0.25, -0.2) is 4.79 Å². The molecule has 4 bridgehead atoms. The Hall–Kier alpha value is -2.74. The van der Waals surface area contributed by atoms with Gasteiger partial charge in [0.2, 0.25) is 5.78 Å². The van der Waals surface area contributed by atoms with Crippen molar-refractivity contribution in [3.8, 4) is 0 Å². The summed E-state index contributed by atoms with van der Waals surface area (Å²) in [4.78, 5) is 53.1. The summed E-state index contributed by atoms with van der Waals surface area (Å²) in [6.45, 7) is 1.27. The number of fused-ring (bicyclic) bond motifs is 4. The third-order valence-electron chi connectivity index (χ3n) is 9.02. The maximum absolute atomic E-state index is 13.3. The molecule has 2 saturated carbocycles. The molecule has 0 aromatic heterocycles. The van der Waals surface area contributed by atoms with Crippen LogP contribution < -0.4 is 10.2 Å². The van der Waals surface area contributed by atoms with Crippen LogP contribution in [0.2, 0.25) is 0 Å². The summed E-state index contributed by atoms with van der Waals surface area (Å²) in [5.41, 5.74) is 0.614. The minimum atomic E-state index is -1.60. The summed E-state index contributed by atoms with van der Waals surface area (Å²) in [6, 6.07) is 7.85. The maximum Gasteiger partial charge on any atom is 0.394 e. The minimum absolute atomic E-state index is 0.182. The number of hydrogen-bond donors (Lipinski definition) is 2. The number of carboxylic acids is 1. The van der Waals surface area contributed by atoms with Crippen molar-refractivity contribution in [2.24, 2.45) is 11.8 Å². The fraction of sp³-hybridized carbons (Fsp3) is 0.643. The Labute approximate surface area is 212 Å². The first kappa shape index (κ1) is 24.9. The van der Waals surface area contributed by atoms with Crippen molar-refractivity contribution >= 4 is 34.9 Å².